The number of hydrogen-bond donors (Lipinski definition) is 1. The average Bonchev–Trinajstić information content (AvgIpc) is 3.11. The van der Waals surface area contributed by atoms with Crippen molar-refractivity contribution in [3.63, 3.8) is 0 Å². The molecule has 0 unspecified atom stereocenters. The van der Waals surface area contributed by atoms with Gasteiger partial charge >= 0.3 is 5.97 Å². The molecule has 1 amide bonds. The third kappa shape index (κ3) is 5.20. The number of hydrogen-bond acceptors (Lipinski definition) is 7. The van der Waals surface area contributed by atoms with E-state index in [0.717, 1.165) is 0 Å². The van der Waals surface area contributed by atoms with Crippen LogP contribution in [0.1, 0.15) is 22.6 Å². The van der Waals surface area contributed by atoms with E-state index in [4.69, 9.17) is 9.47 Å². The second-order valence-electron chi connectivity index (χ2n) is 5.73. The lowest BCUT2D eigenvalue weighted by Gasteiger charge is -2.09. The quantitative estimate of drug-likeness (QED) is 0.705. The van der Waals surface area contributed by atoms with Gasteiger partial charge in [-0.25, -0.2) is 9.78 Å². The van der Waals surface area contributed by atoms with Gasteiger partial charge in [-0.3, -0.25) is 9.48 Å². The second-order valence-corrected chi connectivity index (χ2v) is 5.73. The molecule has 2 heterocycles. The van der Waals surface area contributed by atoms with Gasteiger partial charge in [0.2, 0.25) is 5.91 Å². The highest BCUT2D eigenvalue weighted by Gasteiger charge is 2.12. The molecule has 2 aromatic heterocycles. The van der Waals surface area contributed by atoms with Gasteiger partial charge in [-0.05, 0) is 0 Å². The maximum absolute atomic E-state index is 11.7. The SMILES string of the molecule is COC(=O)c1cc(OC)cc(CNc2ccn(CCC(=O)N(C)C)n2)n1. The van der Waals surface area contributed by atoms with Crippen molar-refractivity contribution in [2.24, 2.45) is 0 Å². The van der Waals surface area contributed by atoms with Crippen LogP contribution in [0.3, 0.4) is 0 Å². The normalized spacial score (nSPS) is 10.3. The van der Waals surface area contributed by atoms with Crippen LogP contribution in [0.2, 0.25) is 0 Å². The molecule has 9 nitrogen and oxygen atoms in total. The van der Waals surface area contributed by atoms with Crippen LogP contribution in [0.4, 0.5) is 5.82 Å². The van der Waals surface area contributed by atoms with Gasteiger partial charge in [-0.1, -0.05) is 0 Å². The Morgan fingerprint density at radius 1 is 1.27 bits per heavy atom. The van der Waals surface area contributed by atoms with Gasteiger partial charge in [0.05, 0.1) is 26.5 Å². The average molecular weight is 361 g/mol. The standard InChI is InChI=1S/C17H23N5O4/c1-21(2)16(23)6-8-22-7-5-15(20-22)18-11-12-9-13(25-3)10-14(19-12)17(24)26-4/h5,7,9-10H,6,8,11H2,1-4H3,(H,18,20). The summed E-state index contributed by atoms with van der Waals surface area (Å²) < 4.78 is 11.6. The molecule has 0 aliphatic carbocycles. The molecule has 0 fully saturated rings. The maximum atomic E-state index is 11.7. The lowest BCUT2D eigenvalue weighted by molar-refractivity contribution is -0.128. The van der Waals surface area contributed by atoms with Gasteiger partial charge < -0.3 is 19.7 Å². The predicted octanol–water partition coefficient (Wildman–Crippen LogP) is 1.16. The summed E-state index contributed by atoms with van der Waals surface area (Å²) >= 11 is 0. The molecule has 0 saturated heterocycles. The number of esters is 1. The van der Waals surface area contributed by atoms with Gasteiger partial charge in [0, 0.05) is 51.5 Å². The van der Waals surface area contributed by atoms with E-state index in [1.165, 1.54) is 20.3 Å². The summed E-state index contributed by atoms with van der Waals surface area (Å²) in [5.41, 5.74) is 0.790. The molecule has 2 rings (SSSR count). The van der Waals surface area contributed by atoms with Crippen molar-refractivity contribution >= 4 is 17.7 Å². The largest absolute Gasteiger partial charge is 0.497 e. The van der Waals surface area contributed by atoms with Crippen molar-refractivity contribution in [2.45, 2.75) is 19.5 Å². The molecule has 1 N–H and O–H groups in total. The molecule has 2 aromatic rings. The molecule has 0 aromatic carbocycles. The van der Waals surface area contributed by atoms with Crippen LogP contribution in [0.25, 0.3) is 0 Å². The fourth-order valence-corrected chi connectivity index (χ4v) is 2.17. The molecule has 9 heteroatoms. The number of amides is 1. The van der Waals surface area contributed by atoms with Crippen LogP contribution in [-0.4, -0.2) is 59.9 Å². The summed E-state index contributed by atoms with van der Waals surface area (Å²) in [6.45, 7) is 0.859. The molecule has 0 atom stereocenters. The third-order valence-corrected chi connectivity index (χ3v) is 3.63. The Bertz CT molecular complexity index is 772. The van der Waals surface area contributed by atoms with Crippen LogP contribution < -0.4 is 10.1 Å². The molecular weight excluding hydrogens is 338 g/mol. The van der Waals surface area contributed by atoms with Crippen molar-refractivity contribution < 1.29 is 19.1 Å². The zero-order valence-electron chi connectivity index (χ0n) is 15.4. The van der Waals surface area contributed by atoms with Crippen LogP contribution in [0.15, 0.2) is 24.4 Å². The van der Waals surface area contributed by atoms with Crippen molar-refractivity contribution in [1.29, 1.82) is 0 Å². The van der Waals surface area contributed by atoms with Crippen molar-refractivity contribution in [3.8, 4) is 5.75 Å². The minimum Gasteiger partial charge on any atom is -0.497 e. The number of nitrogens with zero attached hydrogens (tertiary/aromatic N) is 4. The Balaban J connectivity index is 1.98. The zero-order valence-corrected chi connectivity index (χ0v) is 15.4. The van der Waals surface area contributed by atoms with E-state index in [-0.39, 0.29) is 11.6 Å². The number of aryl methyl sites for hydroxylation is 1. The number of rotatable bonds is 8. The first-order valence-electron chi connectivity index (χ1n) is 8.03. The minimum atomic E-state index is -0.528. The van der Waals surface area contributed by atoms with E-state index >= 15 is 0 Å². The molecule has 26 heavy (non-hydrogen) atoms. The van der Waals surface area contributed by atoms with Gasteiger partial charge in [0.15, 0.2) is 5.69 Å². The topological polar surface area (TPSA) is 98.6 Å². The highest BCUT2D eigenvalue weighted by atomic mass is 16.5. The first-order chi connectivity index (χ1) is 12.4. The Hall–Kier alpha value is -3.10. The monoisotopic (exact) mass is 361 g/mol. The zero-order chi connectivity index (χ0) is 19.1. The molecule has 0 spiro atoms. The first kappa shape index (κ1) is 19.2. The Labute approximate surface area is 151 Å². The summed E-state index contributed by atoms with van der Waals surface area (Å²) in [6, 6.07) is 5.06. The number of aromatic nitrogens is 3. The van der Waals surface area contributed by atoms with Crippen molar-refractivity contribution in [3.05, 3.63) is 35.8 Å². The molecule has 0 saturated carbocycles. The van der Waals surface area contributed by atoms with Gasteiger partial charge in [-0.2, -0.15) is 5.10 Å². The van der Waals surface area contributed by atoms with Gasteiger partial charge in [-0.15, -0.1) is 0 Å². The van der Waals surface area contributed by atoms with Crippen molar-refractivity contribution in [2.75, 3.05) is 33.6 Å². The number of carbonyl (C=O) groups excluding carboxylic acids is 2. The van der Waals surface area contributed by atoms with E-state index < -0.39 is 5.97 Å². The van der Waals surface area contributed by atoms with Crippen LogP contribution in [-0.2, 0) is 22.6 Å². The Morgan fingerprint density at radius 3 is 2.69 bits per heavy atom. The summed E-state index contributed by atoms with van der Waals surface area (Å²) in [5, 5.41) is 7.49. The lowest BCUT2D eigenvalue weighted by atomic mass is 10.2. The highest BCUT2D eigenvalue weighted by molar-refractivity contribution is 5.87. The Morgan fingerprint density at radius 2 is 2.04 bits per heavy atom. The van der Waals surface area contributed by atoms with Gasteiger partial charge in [0.25, 0.3) is 0 Å². The number of carbonyl (C=O) groups is 2. The van der Waals surface area contributed by atoms with Crippen LogP contribution >= 0.6 is 0 Å². The summed E-state index contributed by atoms with van der Waals surface area (Å²) in [5.74, 6) is 0.683. The molecule has 0 aliphatic heterocycles. The number of pyridine rings is 1. The molecule has 0 aliphatic rings. The summed E-state index contributed by atoms with van der Waals surface area (Å²) in [7, 11) is 6.27. The fourth-order valence-electron chi connectivity index (χ4n) is 2.17. The van der Waals surface area contributed by atoms with Crippen LogP contribution in [0, 0.1) is 0 Å². The number of anilines is 1. The Kier molecular flexibility index (Phi) is 6.54. The molecule has 0 radical (unpaired) electrons. The van der Waals surface area contributed by atoms with E-state index in [9.17, 15) is 9.59 Å². The lowest BCUT2D eigenvalue weighted by Crippen LogP contribution is -2.23. The second kappa shape index (κ2) is 8.84. The van der Waals surface area contributed by atoms with E-state index in [2.05, 4.69) is 15.4 Å². The molecule has 140 valence electrons. The maximum Gasteiger partial charge on any atom is 0.356 e. The number of methoxy groups -OCH3 is 2. The van der Waals surface area contributed by atoms with E-state index in [1.807, 2.05) is 6.07 Å². The highest BCUT2D eigenvalue weighted by Crippen LogP contribution is 2.16. The number of ether oxygens (including phenoxy) is 2. The molecular formula is C17H23N5O4. The third-order valence-electron chi connectivity index (χ3n) is 3.63. The van der Waals surface area contributed by atoms with E-state index in [1.54, 1.807) is 35.9 Å². The smallest absolute Gasteiger partial charge is 0.356 e. The molecule has 0 bridgehead atoms. The summed E-state index contributed by atoms with van der Waals surface area (Å²) in [6.07, 6.45) is 2.18. The minimum absolute atomic E-state index is 0.0472. The van der Waals surface area contributed by atoms with Gasteiger partial charge in [0.1, 0.15) is 11.6 Å². The predicted molar refractivity (Wildman–Crippen MR) is 95.0 cm³/mol. The van der Waals surface area contributed by atoms with E-state index in [0.29, 0.717) is 36.8 Å². The van der Waals surface area contributed by atoms with Crippen molar-refractivity contribution in [1.82, 2.24) is 19.7 Å². The number of nitrogens with one attached hydrogen (secondary N) is 1. The summed E-state index contributed by atoms with van der Waals surface area (Å²) in [4.78, 5) is 29.1. The fraction of sp³-hybridized carbons (Fsp3) is 0.412. The first-order valence-corrected chi connectivity index (χ1v) is 8.03. The van der Waals surface area contributed by atoms with Crippen LogP contribution in [0.5, 0.6) is 5.75 Å².